The Labute approximate surface area is 169 Å². The molecule has 0 amide bonds. The average molecular weight is 380 g/mol. The quantitative estimate of drug-likeness (QED) is 0.739. The van der Waals surface area contributed by atoms with Crippen LogP contribution in [-0.4, -0.2) is 61.4 Å². The van der Waals surface area contributed by atoms with E-state index in [1.165, 1.54) is 24.8 Å². The predicted octanol–water partition coefficient (Wildman–Crippen LogP) is 3.09. The van der Waals surface area contributed by atoms with Crippen molar-refractivity contribution in [2.24, 2.45) is 0 Å². The maximum Gasteiger partial charge on any atom is 0.0841 e. The monoisotopic (exact) mass is 379 g/mol. The van der Waals surface area contributed by atoms with Crippen LogP contribution in [0.3, 0.4) is 0 Å². The number of piperidine rings is 1. The number of nitrogens with one attached hydrogen (secondary N) is 1. The van der Waals surface area contributed by atoms with Gasteiger partial charge in [0.05, 0.1) is 6.10 Å². The van der Waals surface area contributed by atoms with Crippen molar-refractivity contribution < 1.29 is 5.11 Å². The Morgan fingerprint density at radius 1 is 1.04 bits per heavy atom. The molecule has 1 aliphatic carbocycles. The Morgan fingerprint density at radius 3 is 2.36 bits per heavy atom. The Bertz CT molecular complexity index is 715. The molecular formula is C24H33N3O. The van der Waals surface area contributed by atoms with E-state index in [0.717, 1.165) is 25.3 Å². The van der Waals surface area contributed by atoms with Crippen molar-refractivity contribution in [3.05, 3.63) is 66.2 Å². The molecule has 2 N–H and O–H groups in total. The summed E-state index contributed by atoms with van der Waals surface area (Å²) in [5, 5.41) is 14.4. The second kappa shape index (κ2) is 9.08. The molecule has 1 saturated carbocycles. The van der Waals surface area contributed by atoms with E-state index in [1.54, 1.807) is 0 Å². The van der Waals surface area contributed by atoms with Crippen molar-refractivity contribution >= 4 is 5.69 Å². The molecule has 4 heteroatoms. The average Bonchev–Trinajstić information content (AvgIpc) is 3.50. The van der Waals surface area contributed by atoms with Gasteiger partial charge in [0.15, 0.2) is 0 Å². The second-order valence-electron chi connectivity index (χ2n) is 8.47. The zero-order valence-corrected chi connectivity index (χ0v) is 16.9. The van der Waals surface area contributed by atoms with Crippen molar-refractivity contribution in [1.29, 1.82) is 0 Å². The van der Waals surface area contributed by atoms with Gasteiger partial charge in [0.25, 0.3) is 0 Å². The van der Waals surface area contributed by atoms with Gasteiger partial charge >= 0.3 is 0 Å². The van der Waals surface area contributed by atoms with E-state index in [2.05, 4.69) is 57.6 Å². The Balaban J connectivity index is 1.16. The first kappa shape index (κ1) is 19.4. The fourth-order valence-electron chi connectivity index (χ4n) is 4.49. The van der Waals surface area contributed by atoms with Gasteiger partial charge in [-0.3, -0.25) is 0 Å². The lowest BCUT2D eigenvalue weighted by atomic mass is 10.0. The van der Waals surface area contributed by atoms with Crippen LogP contribution in [0.1, 0.15) is 30.7 Å². The van der Waals surface area contributed by atoms with E-state index in [4.69, 9.17) is 0 Å². The number of β-amino-alcohol motifs (C(OH)–C–C–N with tert-alkyl or cyclic N) is 1. The molecule has 0 aromatic heterocycles. The highest BCUT2D eigenvalue weighted by Gasteiger charge is 2.39. The molecule has 4 rings (SSSR count). The van der Waals surface area contributed by atoms with Gasteiger partial charge in [0, 0.05) is 43.8 Å². The molecule has 1 unspecified atom stereocenters. The van der Waals surface area contributed by atoms with Gasteiger partial charge < -0.3 is 20.2 Å². The first-order valence-electron chi connectivity index (χ1n) is 10.7. The maximum atomic E-state index is 10.5. The minimum atomic E-state index is -0.319. The van der Waals surface area contributed by atoms with Crippen molar-refractivity contribution in [1.82, 2.24) is 10.2 Å². The third kappa shape index (κ3) is 5.13. The maximum absolute atomic E-state index is 10.5. The van der Waals surface area contributed by atoms with Crippen molar-refractivity contribution in [2.75, 3.05) is 38.1 Å². The van der Waals surface area contributed by atoms with Gasteiger partial charge in [0.1, 0.15) is 0 Å². The van der Waals surface area contributed by atoms with Crippen LogP contribution in [0.25, 0.3) is 0 Å². The third-order valence-electron chi connectivity index (χ3n) is 6.21. The summed E-state index contributed by atoms with van der Waals surface area (Å²) in [5.74, 6) is 0.703. The molecule has 0 radical (unpaired) electrons. The number of likely N-dealkylation sites (N-methyl/N-ethyl adjacent to an activating group) is 1. The van der Waals surface area contributed by atoms with E-state index in [1.807, 2.05) is 25.2 Å². The van der Waals surface area contributed by atoms with E-state index < -0.39 is 0 Å². The van der Waals surface area contributed by atoms with Crippen LogP contribution in [-0.2, 0) is 0 Å². The Morgan fingerprint density at radius 2 is 1.68 bits per heavy atom. The number of anilines is 1. The second-order valence-corrected chi connectivity index (χ2v) is 8.47. The lowest BCUT2D eigenvalue weighted by Gasteiger charge is -2.34. The molecule has 2 fully saturated rings. The molecule has 2 aromatic rings. The number of benzene rings is 2. The number of hydrogen-bond donors (Lipinski definition) is 2. The van der Waals surface area contributed by atoms with E-state index in [-0.39, 0.29) is 6.10 Å². The Kier molecular flexibility index (Phi) is 6.30. The van der Waals surface area contributed by atoms with E-state index in [9.17, 15) is 5.11 Å². The number of aliphatic hydroxyl groups is 1. The standard InChI is InChI=1S/C24H33N3O/c1-26(21-10-6-3-7-11-21)17-22(28)18-27-14-12-20(13-15-27)25-24-16-23(24)19-8-4-2-5-9-19/h2-11,20,22-25,28H,12-18H2,1H3/t22?,23-,24+/m0/s1. The number of rotatable bonds is 8. The molecule has 0 bridgehead atoms. The zero-order chi connectivity index (χ0) is 19.3. The minimum Gasteiger partial charge on any atom is -0.390 e. The van der Waals surface area contributed by atoms with Gasteiger partial charge in [-0.1, -0.05) is 48.5 Å². The summed E-state index contributed by atoms with van der Waals surface area (Å²) in [4.78, 5) is 4.55. The molecule has 1 aliphatic heterocycles. The smallest absolute Gasteiger partial charge is 0.0841 e. The number of likely N-dealkylation sites (tertiary alicyclic amines) is 1. The molecule has 150 valence electrons. The van der Waals surface area contributed by atoms with Gasteiger partial charge in [-0.05, 0) is 50.0 Å². The van der Waals surface area contributed by atoms with Crippen molar-refractivity contribution in [2.45, 2.75) is 43.4 Å². The number of aliphatic hydroxyl groups excluding tert-OH is 1. The van der Waals surface area contributed by atoms with Gasteiger partial charge in [0.2, 0.25) is 0 Å². The summed E-state index contributed by atoms with van der Waals surface area (Å²) in [6.45, 7) is 3.59. The lowest BCUT2D eigenvalue weighted by molar-refractivity contribution is 0.0981. The molecular weight excluding hydrogens is 346 g/mol. The Hall–Kier alpha value is -1.88. The van der Waals surface area contributed by atoms with Crippen LogP contribution >= 0.6 is 0 Å². The van der Waals surface area contributed by atoms with Crippen LogP contribution in [0.15, 0.2) is 60.7 Å². The van der Waals surface area contributed by atoms with Crippen LogP contribution in [0, 0.1) is 0 Å². The van der Waals surface area contributed by atoms with Gasteiger partial charge in [-0.2, -0.15) is 0 Å². The summed E-state index contributed by atoms with van der Waals surface area (Å²) in [6.07, 6.45) is 3.31. The highest BCUT2D eigenvalue weighted by atomic mass is 16.3. The SMILES string of the molecule is CN(CC(O)CN1CCC(N[C@@H]2C[C@H]2c2ccccc2)CC1)c1ccccc1. The van der Waals surface area contributed by atoms with Crippen LogP contribution in [0.5, 0.6) is 0 Å². The summed E-state index contributed by atoms with van der Waals surface area (Å²) in [7, 11) is 2.05. The first-order chi connectivity index (χ1) is 13.7. The summed E-state index contributed by atoms with van der Waals surface area (Å²) >= 11 is 0. The lowest BCUT2D eigenvalue weighted by Crippen LogP contribution is -2.47. The van der Waals surface area contributed by atoms with Crippen LogP contribution < -0.4 is 10.2 Å². The highest BCUT2D eigenvalue weighted by Crippen LogP contribution is 2.41. The van der Waals surface area contributed by atoms with Gasteiger partial charge in [-0.25, -0.2) is 0 Å². The topological polar surface area (TPSA) is 38.7 Å². The fourth-order valence-corrected chi connectivity index (χ4v) is 4.49. The number of hydrogen-bond acceptors (Lipinski definition) is 4. The third-order valence-corrected chi connectivity index (χ3v) is 6.21. The van der Waals surface area contributed by atoms with Gasteiger partial charge in [-0.15, -0.1) is 0 Å². The molecule has 2 aliphatic rings. The largest absolute Gasteiger partial charge is 0.390 e. The van der Waals surface area contributed by atoms with Crippen LogP contribution in [0.2, 0.25) is 0 Å². The van der Waals surface area contributed by atoms with E-state index >= 15 is 0 Å². The molecule has 4 nitrogen and oxygen atoms in total. The molecule has 1 heterocycles. The van der Waals surface area contributed by atoms with E-state index in [0.29, 0.717) is 24.5 Å². The summed E-state index contributed by atoms with van der Waals surface area (Å²) in [5.41, 5.74) is 2.63. The number of nitrogens with zero attached hydrogens (tertiary/aromatic N) is 2. The molecule has 0 spiro atoms. The zero-order valence-electron chi connectivity index (χ0n) is 16.9. The summed E-state index contributed by atoms with van der Waals surface area (Å²) in [6, 6.07) is 22.4. The van der Waals surface area contributed by atoms with Crippen LogP contribution in [0.4, 0.5) is 5.69 Å². The minimum absolute atomic E-state index is 0.319. The number of para-hydroxylation sites is 1. The predicted molar refractivity (Wildman–Crippen MR) is 116 cm³/mol. The fraction of sp³-hybridized carbons (Fsp3) is 0.500. The van der Waals surface area contributed by atoms with Crippen molar-refractivity contribution in [3.63, 3.8) is 0 Å². The molecule has 28 heavy (non-hydrogen) atoms. The normalized spacial score (nSPS) is 24.1. The molecule has 2 aromatic carbocycles. The first-order valence-corrected chi connectivity index (χ1v) is 10.7. The van der Waals surface area contributed by atoms with Crippen molar-refractivity contribution in [3.8, 4) is 0 Å². The molecule has 3 atom stereocenters. The highest BCUT2D eigenvalue weighted by molar-refractivity contribution is 5.45. The molecule has 1 saturated heterocycles. The summed E-state index contributed by atoms with van der Waals surface area (Å²) < 4.78 is 0.